The standard InChI is InChI=1S/C18H20FN3O4S/c1-4-7-20-18-21-14(11-27-18)17(24)26-10-16(23)22(2)9-12-5-6-15(25-3)13(19)8-12/h4-6,8,11H,1,7,9-10H2,2-3H3,(H,20,21). The van der Waals surface area contributed by atoms with E-state index in [1.807, 2.05) is 0 Å². The second-order valence-corrected chi connectivity index (χ2v) is 6.36. The third-order valence-electron chi connectivity index (χ3n) is 3.50. The van der Waals surface area contributed by atoms with E-state index < -0.39 is 24.3 Å². The molecule has 1 aromatic carbocycles. The zero-order valence-corrected chi connectivity index (χ0v) is 15.8. The lowest BCUT2D eigenvalue weighted by Crippen LogP contribution is -2.30. The van der Waals surface area contributed by atoms with Crippen LogP contribution in [0.2, 0.25) is 0 Å². The first-order chi connectivity index (χ1) is 12.9. The Balaban J connectivity index is 1.85. The number of benzene rings is 1. The van der Waals surface area contributed by atoms with Gasteiger partial charge in [-0.2, -0.15) is 0 Å². The van der Waals surface area contributed by atoms with Gasteiger partial charge in [-0.05, 0) is 17.7 Å². The lowest BCUT2D eigenvalue weighted by atomic mass is 10.2. The van der Waals surface area contributed by atoms with Crippen molar-refractivity contribution in [3.63, 3.8) is 0 Å². The summed E-state index contributed by atoms with van der Waals surface area (Å²) in [6, 6.07) is 4.44. The van der Waals surface area contributed by atoms with Crippen LogP contribution in [-0.2, 0) is 16.1 Å². The van der Waals surface area contributed by atoms with Gasteiger partial charge in [-0.15, -0.1) is 17.9 Å². The summed E-state index contributed by atoms with van der Waals surface area (Å²) in [5.41, 5.74) is 0.715. The highest BCUT2D eigenvalue weighted by atomic mass is 32.1. The topological polar surface area (TPSA) is 80.8 Å². The van der Waals surface area contributed by atoms with Crippen LogP contribution in [0.3, 0.4) is 0 Å². The molecule has 0 aliphatic rings. The number of methoxy groups -OCH3 is 1. The van der Waals surface area contributed by atoms with Gasteiger partial charge in [0.25, 0.3) is 5.91 Å². The molecule has 0 radical (unpaired) electrons. The van der Waals surface area contributed by atoms with Gasteiger partial charge < -0.3 is 19.7 Å². The molecule has 1 heterocycles. The number of nitrogens with one attached hydrogen (secondary N) is 1. The minimum Gasteiger partial charge on any atom is -0.494 e. The van der Waals surface area contributed by atoms with Crippen LogP contribution < -0.4 is 10.1 Å². The van der Waals surface area contributed by atoms with Gasteiger partial charge in [0, 0.05) is 25.5 Å². The molecule has 1 N–H and O–H groups in total. The van der Waals surface area contributed by atoms with Gasteiger partial charge in [0.15, 0.2) is 29.0 Å². The van der Waals surface area contributed by atoms with E-state index in [4.69, 9.17) is 9.47 Å². The molecule has 0 aliphatic heterocycles. The number of carbonyl (C=O) groups is 2. The van der Waals surface area contributed by atoms with Gasteiger partial charge in [-0.3, -0.25) is 4.79 Å². The third-order valence-corrected chi connectivity index (χ3v) is 4.30. The Kier molecular flexibility index (Phi) is 7.30. The van der Waals surface area contributed by atoms with Gasteiger partial charge in [-0.1, -0.05) is 12.1 Å². The van der Waals surface area contributed by atoms with E-state index in [1.165, 1.54) is 35.5 Å². The van der Waals surface area contributed by atoms with Crippen LogP contribution in [0.1, 0.15) is 16.1 Å². The highest BCUT2D eigenvalue weighted by Gasteiger charge is 2.16. The fourth-order valence-electron chi connectivity index (χ4n) is 2.09. The molecule has 2 aromatic rings. The van der Waals surface area contributed by atoms with E-state index >= 15 is 0 Å². The maximum atomic E-state index is 13.7. The lowest BCUT2D eigenvalue weighted by Gasteiger charge is -2.17. The predicted octanol–water partition coefficient (Wildman–Crippen LogP) is 2.70. The number of likely N-dealkylation sites (N-methyl/N-ethyl adjacent to an activating group) is 1. The van der Waals surface area contributed by atoms with Crippen molar-refractivity contribution in [3.8, 4) is 5.75 Å². The molecule has 144 valence electrons. The zero-order chi connectivity index (χ0) is 19.8. The summed E-state index contributed by atoms with van der Waals surface area (Å²) in [5, 5.41) is 5.07. The Morgan fingerprint density at radius 3 is 2.89 bits per heavy atom. The highest BCUT2D eigenvalue weighted by molar-refractivity contribution is 7.13. The molecule has 0 aliphatic carbocycles. The number of halogens is 1. The summed E-state index contributed by atoms with van der Waals surface area (Å²) < 4.78 is 23.6. The van der Waals surface area contributed by atoms with Crippen molar-refractivity contribution >= 4 is 28.3 Å². The number of esters is 1. The molecular formula is C18H20FN3O4S. The van der Waals surface area contributed by atoms with Crippen LogP contribution in [0.5, 0.6) is 5.75 Å². The molecule has 2 rings (SSSR count). The Morgan fingerprint density at radius 2 is 2.22 bits per heavy atom. The number of hydrogen-bond acceptors (Lipinski definition) is 7. The molecule has 0 saturated heterocycles. The Labute approximate surface area is 160 Å². The minimum atomic E-state index is -0.685. The second kappa shape index (κ2) is 9.67. The van der Waals surface area contributed by atoms with Crippen LogP contribution in [0.4, 0.5) is 9.52 Å². The van der Waals surface area contributed by atoms with Crippen LogP contribution in [-0.4, -0.2) is 49.1 Å². The number of rotatable bonds is 9. The quantitative estimate of drug-likeness (QED) is 0.521. The number of aromatic nitrogens is 1. The molecule has 0 fully saturated rings. The summed E-state index contributed by atoms with van der Waals surface area (Å²) in [7, 11) is 2.92. The fourth-order valence-corrected chi connectivity index (χ4v) is 2.78. The summed E-state index contributed by atoms with van der Waals surface area (Å²) in [6.07, 6.45) is 1.67. The molecule has 27 heavy (non-hydrogen) atoms. The Bertz CT molecular complexity index is 825. The van der Waals surface area contributed by atoms with Crippen molar-refractivity contribution < 1.29 is 23.5 Å². The van der Waals surface area contributed by atoms with Crippen molar-refractivity contribution in [1.29, 1.82) is 0 Å². The first kappa shape index (κ1) is 20.4. The van der Waals surface area contributed by atoms with Crippen LogP contribution in [0.25, 0.3) is 0 Å². The van der Waals surface area contributed by atoms with Crippen molar-refractivity contribution in [2.24, 2.45) is 0 Å². The molecule has 7 nitrogen and oxygen atoms in total. The molecule has 0 atom stereocenters. The van der Waals surface area contributed by atoms with Crippen molar-refractivity contribution in [1.82, 2.24) is 9.88 Å². The summed E-state index contributed by atoms with van der Waals surface area (Å²) in [5.74, 6) is -1.48. The van der Waals surface area contributed by atoms with Crippen LogP contribution >= 0.6 is 11.3 Å². The van der Waals surface area contributed by atoms with Gasteiger partial charge in [0.05, 0.1) is 7.11 Å². The summed E-state index contributed by atoms with van der Waals surface area (Å²) >= 11 is 1.25. The first-order valence-electron chi connectivity index (χ1n) is 7.98. The number of carbonyl (C=O) groups excluding carboxylic acids is 2. The Morgan fingerprint density at radius 1 is 1.44 bits per heavy atom. The predicted molar refractivity (Wildman–Crippen MR) is 101 cm³/mol. The zero-order valence-electron chi connectivity index (χ0n) is 15.0. The maximum absolute atomic E-state index is 13.7. The fraction of sp³-hybridized carbons (Fsp3) is 0.278. The van der Waals surface area contributed by atoms with Gasteiger partial charge >= 0.3 is 5.97 Å². The molecule has 0 bridgehead atoms. The number of anilines is 1. The molecule has 9 heteroatoms. The van der Waals surface area contributed by atoms with Gasteiger partial charge in [0.1, 0.15) is 0 Å². The largest absolute Gasteiger partial charge is 0.494 e. The van der Waals surface area contributed by atoms with Gasteiger partial charge in [-0.25, -0.2) is 14.2 Å². The number of ether oxygens (including phenoxy) is 2. The van der Waals surface area contributed by atoms with E-state index in [1.54, 1.807) is 24.6 Å². The van der Waals surface area contributed by atoms with E-state index in [0.717, 1.165) is 0 Å². The first-order valence-corrected chi connectivity index (χ1v) is 8.86. The number of thiazole rings is 1. The highest BCUT2D eigenvalue weighted by Crippen LogP contribution is 2.19. The van der Waals surface area contributed by atoms with Crippen molar-refractivity contribution in [3.05, 3.63) is 53.3 Å². The molecule has 1 aromatic heterocycles. The van der Waals surface area contributed by atoms with Crippen LogP contribution in [0.15, 0.2) is 36.2 Å². The number of hydrogen-bond donors (Lipinski definition) is 1. The summed E-state index contributed by atoms with van der Waals surface area (Å²) in [4.78, 5) is 29.5. The smallest absolute Gasteiger partial charge is 0.358 e. The second-order valence-electron chi connectivity index (χ2n) is 5.50. The number of nitrogens with zero attached hydrogens (tertiary/aromatic N) is 2. The lowest BCUT2D eigenvalue weighted by molar-refractivity contribution is -0.133. The minimum absolute atomic E-state index is 0.124. The SMILES string of the molecule is C=CCNc1nc(C(=O)OCC(=O)N(C)Cc2ccc(OC)c(F)c2)cs1. The van der Waals surface area contributed by atoms with Crippen molar-refractivity contribution in [2.45, 2.75) is 6.54 Å². The maximum Gasteiger partial charge on any atom is 0.358 e. The monoisotopic (exact) mass is 393 g/mol. The average Bonchev–Trinajstić information content (AvgIpc) is 3.13. The van der Waals surface area contributed by atoms with Crippen LogP contribution in [0, 0.1) is 5.82 Å². The molecule has 0 spiro atoms. The van der Waals surface area contributed by atoms with E-state index in [-0.39, 0.29) is 18.0 Å². The van der Waals surface area contributed by atoms with Crippen molar-refractivity contribution in [2.75, 3.05) is 32.6 Å². The van der Waals surface area contributed by atoms with Gasteiger partial charge in [0.2, 0.25) is 0 Å². The number of amides is 1. The van der Waals surface area contributed by atoms with E-state index in [9.17, 15) is 14.0 Å². The molecule has 0 saturated carbocycles. The normalized spacial score (nSPS) is 10.2. The molecular weight excluding hydrogens is 373 g/mol. The summed E-state index contributed by atoms with van der Waals surface area (Å²) in [6.45, 7) is 3.85. The van der Waals surface area contributed by atoms with E-state index in [2.05, 4.69) is 16.9 Å². The average molecular weight is 393 g/mol. The molecule has 0 unspecified atom stereocenters. The molecule has 1 amide bonds. The third kappa shape index (κ3) is 5.78. The van der Waals surface area contributed by atoms with E-state index in [0.29, 0.717) is 17.2 Å². The Hall–Kier alpha value is -2.94.